The van der Waals surface area contributed by atoms with Gasteiger partial charge < -0.3 is 25.2 Å². The van der Waals surface area contributed by atoms with Crippen LogP contribution in [0.4, 0.5) is 17.6 Å². The number of ether oxygens (including phenoxy) is 1. The largest absolute Gasteiger partial charge is 0.378 e. The Bertz CT molecular complexity index is 1220. The van der Waals surface area contributed by atoms with Gasteiger partial charge in [-0.1, -0.05) is 67.4 Å². The number of nitrogens with zero attached hydrogens (tertiary/aromatic N) is 4. The molecule has 0 bridgehead atoms. The second-order valence-electron chi connectivity index (χ2n) is 10.3. The lowest BCUT2D eigenvalue weighted by atomic mass is 9.79. The van der Waals surface area contributed by atoms with E-state index < -0.39 is 0 Å². The lowest BCUT2D eigenvalue weighted by Crippen LogP contribution is -2.41. The van der Waals surface area contributed by atoms with E-state index in [0.29, 0.717) is 24.3 Å². The Morgan fingerprint density at radius 1 is 0.865 bits per heavy atom. The van der Waals surface area contributed by atoms with E-state index in [-0.39, 0.29) is 5.41 Å². The van der Waals surface area contributed by atoms with E-state index in [9.17, 15) is 0 Å². The molecule has 0 unspecified atom stereocenters. The van der Waals surface area contributed by atoms with Crippen LogP contribution in [0.15, 0.2) is 60.7 Å². The van der Waals surface area contributed by atoms with Crippen LogP contribution in [-0.4, -0.2) is 47.9 Å². The van der Waals surface area contributed by atoms with E-state index >= 15 is 0 Å². The van der Waals surface area contributed by atoms with E-state index in [2.05, 4.69) is 81.1 Å². The van der Waals surface area contributed by atoms with Gasteiger partial charge in [0.15, 0.2) is 5.11 Å². The molecule has 2 fully saturated rings. The van der Waals surface area contributed by atoms with Crippen molar-refractivity contribution in [3.63, 3.8) is 0 Å². The van der Waals surface area contributed by atoms with Gasteiger partial charge >= 0.3 is 0 Å². The fourth-order valence-electron chi connectivity index (χ4n) is 5.90. The Labute approximate surface area is 224 Å². The highest BCUT2D eigenvalue weighted by Crippen LogP contribution is 2.40. The van der Waals surface area contributed by atoms with Crippen molar-refractivity contribution >= 4 is 34.9 Å². The molecule has 3 aliphatic rings. The van der Waals surface area contributed by atoms with Gasteiger partial charge in [-0.3, -0.25) is 0 Å². The van der Waals surface area contributed by atoms with Gasteiger partial charge in [-0.05, 0) is 41.7 Å². The molecule has 2 N–H and O–H groups in total. The third kappa shape index (κ3) is 5.26. The van der Waals surface area contributed by atoms with Crippen molar-refractivity contribution in [2.24, 2.45) is 0 Å². The van der Waals surface area contributed by atoms with E-state index in [0.717, 1.165) is 44.4 Å². The van der Waals surface area contributed by atoms with Crippen molar-refractivity contribution in [3.05, 3.63) is 77.4 Å². The quantitative estimate of drug-likeness (QED) is 0.462. The number of hydrogen-bond donors (Lipinski definition) is 2. The maximum atomic E-state index is 5.76. The predicted octanol–water partition coefficient (Wildman–Crippen LogP) is 4.63. The van der Waals surface area contributed by atoms with Crippen LogP contribution >= 0.6 is 12.2 Å². The Hall–Kier alpha value is -3.23. The molecule has 1 saturated heterocycles. The van der Waals surface area contributed by atoms with Crippen molar-refractivity contribution in [1.29, 1.82) is 0 Å². The van der Waals surface area contributed by atoms with Crippen LogP contribution in [0.5, 0.6) is 0 Å². The highest BCUT2D eigenvalue weighted by Gasteiger charge is 2.35. The number of fused-ring (bicyclic) bond motifs is 1. The van der Waals surface area contributed by atoms with E-state index in [1.54, 1.807) is 0 Å². The number of morpholine rings is 1. The summed E-state index contributed by atoms with van der Waals surface area (Å²) in [5.41, 5.74) is 4.21. The van der Waals surface area contributed by atoms with Gasteiger partial charge in [0.1, 0.15) is 11.6 Å². The third-order valence-corrected chi connectivity index (χ3v) is 8.20. The first-order valence-corrected chi connectivity index (χ1v) is 13.7. The van der Waals surface area contributed by atoms with E-state index in [1.165, 1.54) is 42.4 Å². The molecule has 1 saturated carbocycles. The summed E-state index contributed by atoms with van der Waals surface area (Å²) >= 11 is 5.76. The molecule has 2 aliphatic heterocycles. The predicted molar refractivity (Wildman–Crippen MR) is 152 cm³/mol. The molecule has 0 spiro atoms. The normalized spacial score (nSPS) is 18.5. The molecule has 3 heterocycles. The number of anilines is 3. The standard InChI is InChI=1S/C29H34N6OS/c37-28(30-21-29(12-6-7-13-29)24-10-2-1-3-11-24)33-27-31-25(34-14-16-36-17-15-34)18-26(32-27)35-19-22-8-4-5-9-23(22)20-35/h1-5,8-11,18H,6-7,12-17,19-21H2,(H2,30,31,32,33,37). The van der Waals surface area contributed by atoms with Gasteiger partial charge in [0.25, 0.3) is 0 Å². The van der Waals surface area contributed by atoms with E-state index in [4.69, 9.17) is 26.9 Å². The highest BCUT2D eigenvalue weighted by atomic mass is 32.1. The van der Waals surface area contributed by atoms with E-state index in [1.807, 2.05) is 0 Å². The van der Waals surface area contributed by atoms with Crippen molar-refractivity contribution in [2.45, 2.75) is 44.2 Å². The molecule has 7 nitrogen and oxygen atoms in total. The summed E-state index contributed by atoms with van der Waals surface area (Å²) in [5, 5.41) is 7.39. The lowest BCUT2D eigenvalue weighted by Gasteiger charge is -2.31. The summed E-state index contributed by atoms with van der Waals surface area (Å²) in [7, 11) is 0. The maximum absolute atomic E-state index is 5.76. The van der Waals surface area contributed by atoms with Crippen molar-refractivity contribution in [2.75, 3.05) is 48.0 Å². The van der Waals surface area contributed by atoms with Gasteiger partial charge in [-0.25, -0.2) is 0 Å². The summed E-state index contributed by atoms with van der Waals surface area (Å²) in [6.45, 7) is 5.55. The number of nitrogens with one attached hydrogen (secondary N) is 2. The molecule has 0 radical (unpaired) electrons. The fraction of sp³-hybridized carbons (Fsp3) is 0.414. The molecule has 0 amide bonds. The Morgan fingerprint density at radius 2 is 1.49 bits per heavy atom. The zero-order valence-electron chi connectivity index (χ0n) is 21.2. The maximum Gasteiger partial charge on any atom is 0.232 e. The second-order valence-corrected chi connectivity index (χ2v) is 10.7. The first-order chi connectivity index (χ1) is 18.2. The fourth-order valence-corrected chi connectivity index (χ4v) is 6.06. The zero-order chi connectivity index (χ0) is 25.1. The molecular weight excluding hydrogens is 480 g/mol. The Balaban J connectivity index is 1.20. The molecule has 6 rings (SSSR count). The number of rotatable bonds is 6. The summed E-state index contributed by atoms with van der Waals surface area (Å²) in [4.78, 5) is 14.3. The number of aromatic nitrogens is 2. The van der Waals surface area contributed by atoms with Crippen molar-refractivity contribution in [1.82, 2.24) is 15.3 Å². The van der Waals surface area contributed by atoms with Crippen LogP contribution in [-0.2, 0) is 23.2 Å². The van der Waals surface area contributed by atoms with Crippen LogP contribution in [0.1, 0.15) is 42.4 Å². The van der Waals surface area contributed by atoms with Crippen molar-refractivity contribution in [3.8, 4) is 0 Å². The smallest absolute Gasteiger partial charge is 0.232 e. The average molecular weight is 515 g/mol. The van der Waals surface area contributed by atoms with Gasteiger partial charge in [0.2, 0.25) is 5.95 Å². The summed E-state index contributed by atoms with van der Waals surface area (Å²) in [6.07, 6.45) is 4.86. The number of thiocarbonyl (C=S) groups is 1. The van der Waals surface area contributed by atoms with Crippen LogP contribution in [0, 0.1) is 0 Å². The van der Waals surface area contributed by atoms with Gasteiger partial charge in [-0.2, -0.15) is 9.97 Å². The molecule has 3 aromatic rings. The first-order valence-electron chi connectivity index (χ1n) is 13.3. The Kier molecular flexibility index (Phi) is 6.93. The molecule has 37 heavy (non-hydrogen) atoms. The first kappa shape index (κ1) is 24.1. The Morgan fingerprint density at radius 3 is 2.16 bits per heavy atom. The molecule has 1 aromatic heterocycles. The van der Waals surface area contributed by atoms with Crippen LogP contribution in [0.2, 0.25) is 0 Å². The minimum absolute atomic E-state index is 0.121. The second kappa shape index (κ2) is 10.6. The van der Waals surface area contributed by atoms with Gasteiger partial charge in [0.05, 0.1) is 13.2 Å². The molecular formula is C29H34N6OS. The average Bonchev–Trinajstić information content (AvgIpc) is 3.61. The van der Waals surface area contributed by atoms with Gasteiger partial charge in [-0.15, -0.1) is 0 Å². The lowest BCUT2D eigenvalue weighted by molar-refractivity contribution is 0.122. The SMILES string of the molecule is S=C(NCC1(c2ccccc2)CCCC1)Nc1nc(N2CCOCC2)cc(N2Cc3ccccc3C2)n1. The number of benzene rings is 2. The molecule has 0 atom stereocenters. The highest BCUT2D eigenvalue weighted by molar-refractivity contribution is 7.80. The van der Waals surface area contributed by atoms with Crippen LogP contribution in [0.25, 0.3) is 0 Å². The van der Waals surface area contributed by atoms with Crippen LogP contribution < -0.4 is 20.4 Å². The number of hydrogen-bond acceptors (Lipinski definition) is 6. The molecule has 2 aromatic carbocycles. The molecule has 8 heteroatoms. The third-order valence-electron chi connectivity index (χ3n) is 7.96. The zero-order valence-corrected chi connectivity index (χ0v) is 22.0. The monoisotopic (exact) mass is 514 g/mol. The van der Waals surface area contributed by atoms with Crippen molar-refractivity contribution < 1.29 is 4.74 Å². The summed E-state index contributed by atoms with van der Waals surface area (Å²) < 4.78 is 5.57. The van der Waals surface area contributed by atoms with Gasteiger partial charge in [0, 0.05) is 44.2 Å². The van der Waals surface area contributed by atoms with Crippen LogP contribution in [0.3, 0.4) is 0 Å². The summed E-state index contributed by atoms with van der Waals surface area (Å²) in [5.74, 6) is 2.35. The molecule has 192 valence electrons. The molecule has 1 aliphatic carbocycles. The minimum atomic E-state index is 0.121. The minimum Gasteiger partial charge on any atom is -0.378 e. The summed E-state index contributed by atoms with van der Waals surface area (Å²) in [6, 6.07) is 21.5. The topological polar surface area (TPSA) is 65.6 Å².